The van der Waals surface area contributed by atoms with E-state index < -0.39 is 6.61 Å². The predicted molar refractivity (Wildman–Crippen MR) is 61.8 cm³/mol. The highest BCUT2D eigenvalue weighted by Gasteiger charge is 2.25. The maximum Gasteiger partial charge on any atom is 0.250 e. The number of amides is 1. The van der Waals surface area contributed by atoms with E-state index in [0.29, 0.717) is 5.92 Å². The van der Waals surface area contributed by atoms with Gasteiger partial charge in [0.15, 0.2) is 0 Å². The fraction of sp³-hybridized carbons (Fsp3) is 0.364. The van der Waals surface area contributed by atoms with Crippen LogP contribution in [0.5, 0.6) is 0 Å². The minimum atomic E-state index is -0.477. The maximum atomic E-state index is 11.0. The fourth-order valence-electron chi connectivity index (χ4n) is 1.53. The molecule has 1 saturated carbocycles. The second kappa shape index (κ2) is 4.33. The van der Waals surface area contributed by atoms with Crippen molar-refractivity contribution >= 4 is 27.5 Å². The number of aliphatic hydroxyl groups is 1. The van der Waals surface area contributed by atoms with Gasteiger partial charge in [-0.2, -0.15) is 0 Å². The Hall–Kier alpha value is -0.870. The molecule has 1 fully saturated rings. The second-order valence-corrected chi connectivity index (χ2v) is 4.57. The van der Waals surface area contributed by atoms with E-state index in [1.54, 1.807) is 0 Å². The van der Waals surface area contributed by atoms with Gasteiger partial charge in [-0.15, -0.1) is 0 Å². The summed E-state index contributed by atoms with van der Waals surface area (Å²) >= 11 is 3.49. The molecule has 0 aromatic heterocycles. The maximum absolute atomic E-state index is 11.0. The van der Waals surface area contributed by atoms with Crippen molar-refractivity contribution in [3.63, 3.8) is 0 Å². The molecule has 0 heterocycles. The summed E-state index contributed by atoms with van der Waals surface area (Å²) in [5.41, 5.74) is 1.99. The molecule has 0 spiro atoms. The lowest BCUT2D eigenvalue weighted by Crippen LogP contribution is -2.15. The Labute approximate surface area is 96.6 Å². The Morgan fingerprint density at radius 3 is 2.87 bits per heavy atom. The Kier molecular flexibility index (Phi) is 3.07. The van der Waals surface area contributed by atoms with Crippen molar-refractivity contribution in [1.29, 1.82) is 0 Å². The van der Waals surface area contributed by atoms with Crippen LogP contribution in [0.4, 0.5) is 5.69 Å². The third-order valence-electron chi connectivity index (χ3n) is 2.44. The van der Waals surface area contributed by atoms with Crippen LogP contribution >= 0.6 is 15.9 Å². The van der Waals surface area contributed by atoms with Crippen molar-refractivity contribution in [1.82, 2.24) is 0 Å². The van der Waals surface area contributed by atoms with E-state index >= 15 is 0 Å². The van der Waals surface area contributed by atoms with Crippen molar-refractivity contribution in [3.05, 3.63) is 28.2 Å². The number of aliphatic hydroxyl groups excluding tert-OH is 1. The van der Waals surface area contributed by atoms with Gasteiger partial charge < -0.3 is 10.4 Å². The molecular weight excluding hydrogens is 258 g/mol. The molecule has 0 bridgehead atoms. The van der Waals surface area contributed by atoms with Gasteiger partial charge in [-0.05, 0) is 42.5 Å². The monoisotopic (exact) mass is 269 g/mol. The first-order valence-corrected chi connectivity index (χ1v) is 5.70. The van der Waals surface area contributed by atoms with Gasteiger partial charge in [0.25, 0.3) is 0 Å². The van der Waals surface area contributed by atoms with E-state index in [9.17, 15) is 4.79 Å². The number of rotatable bonds is 3. The summed E-state index contributed by atoms with van der Waals surface area (Å²) in [6.45, 7) is -0.477. The number of anilines is 1. The first-order valence-electron chi connectivity index (χ1n) is 4.91. The van der Waals surface area contributed by atoms with Crippen LogP contribution in [0.1, 0.15) is 24.3 Å². The molecule has 80 valence electrons. The topological polar surface area (TPSA) is 49.3 Å². The van der Waals surface area contributed by atoms with E-state index in [2.05, 4.69) is 21.2 Å². The fourth-order valence-corrected chi connectivity index (χ4v) is 2.10. The van der Waals surface area contributed by atoms with Crippen molar-refractivity contribution in [2.45, 2.75) is 18.8 Å². The molecule has 0 aliphatic heterocycles. The van der Waals surface area contributed by atoms with Crippen molar-refractivity contribution in [2.24, 2.45) is 0 Å². The van der Waals surface area contributed by atoms with Gasteiger partial charge in [0, 0.05) is 10.2 Å². The van der Waals surface area contributed by atoms with Gasteiger partial charge >= 0.3 is 0 Å². The minimum absolute atomic E-state index is 0.376. The minimum Gasteiger partial charge on any atom is -0.387 e. The van der Waals surface area contributed by atoms with Gasteiger partial charge in [0.1, 0.15) is 6.61 Å². The number of carbonyl (C=O) groups excluding carboxylic acids is 1. The summed E-state index contributed by atoms with van der Waals surface area (Å²) in [5, 5.41) is 11.3. The summed E-state index contributed by atoms with van der Waals surface area (Å²) in [6.07, 6.45) is 2.44. The van der Waals surface area contributed by atoms with E-state index in [-0.39, 0.29) is 5.91 Å². The van der Waals surface area contributed by atoms with Gasteiger partial charge in [-0.1, -0.05) is 15.9 Å². The van der Waals surface area contributed by atoms with Crippen LogP contribution in [0.3, 0.4) is 0 Å². The molecule has 1 amide bonds. The lowest BCUT2D eigenvalue weighted by Gasteiger charge is -2.07. The summed E-state index contributed by atoms with van der Waals surface area (Å²) in [7, 11) is 0. The molecular formula is C11H12BrNO2. The van der Waals surface area contributed by atoms with Crippen LogP contribution in [0, 0.1) is 0 Å². The van der Waals surface area contributed by atoms with Crippen LogP contribution in [-0.4, -0.2) is 17.6 Å². The zero-order valence-electron chi connectivity index (χ0n) is 8.16. The van der Waals surface area contributed by atoms with Gasteiger partial charge in [0.2, 0.25) is 5.91 Å². The SMILES string of the molecule is O=C(CO)Nc1ccc(Br)c(C2CC2)c1. The molecule has 4 heteroatoms. The first kappa shape index (κ1) is 10.6. The van der Waals surface area contributed by atoms with E-state index in [4.69, 9.17) is 5.11 Å². The highest BCUT2D eigenvalue weighted by Crippen LogP contribution is 2.44. The molecule has 15 heavy (non-hydrogen) atoms. The third-order valence-corrected chi connectivity index (χ3v) is 3.16. The molecule has 1 aromatic carbocycles. The number of halogens is 1. The Morgan fingerprint density at radius 1 is 1.53 bits per heavy atom. The summed E-state index contributed by atoms with van der Waals surface area (Å²) < 4.78 is 1.09. The number of carbonyl (C=O) groups is 1. The molecule has 2 N–H and O–H groups in total. The number of nitrogens with one attached hydrogen (secondary N) is 1. The highest BCUT2D eigenvalue weighted by atomic mass is 79.9. The predicted octanol–water partition coefficient (Wildman–Crippen LogP) is 2.26. The summed E-state index contributed by atoms with van der Waals surface area (Å²) in [5.74, 6) is 0.254. The smallest absolute Gasteiger partial charge is 0.250 e. The van der Waals surface area contributed by atoms with Gasteiger partial charge in [-0.3, -0.25) is 4.79 Å². The van der Waals surface area contributed by atoms with Crippen molar-refractivity contribution in [2.75, 3.05) is 11.9 Å². The largest absolute Gasteiger partial charge is 0.387 e. The molecule has 0 atom stereocenters. The van der Waals surface area contributed by atoms with Crippen LogP contribution < -0.4 is 5.32 Å². The van der Waals surface area contributed by atoms with E-state index in [1.165, 1.54) is 18.4 Å². The van der Waals surface area contributed by atoms with Crippen molar-refractivity contribution in [3.8, 4) is 0 Å². The quantitative estimate of drug-likeness (QED) is 0.885. The van der Waals surface area contributed by atoms with Crippen LogP contribution in [0.2, 0.25) is 0 Å². The summed E-state index contributed by atoms with van der Waals surface area (Å²) in [6, 6.07) is 5.72. The highest BCUT2D eigenvalue weighted by molar-refractivity contribution is 9.10. The standard InChI is InChI=1S/C11H12BrNO2/c12-10-4-3-8(13-11(15)6-14)5-9(10)7-1-2-7/h3-5,7,14H,1-2,6H2,(H,13,15). The first-order chi connectivity index (χ1) is 7.20. The van der Waals surface area contributed by atoms with E-state index in [1.807, 2.05) is 18.2 Å². The molecule has 0 unspecified atom stereocenters. The molecule has 1 aliphatic carbocycles. The normalized spacial score (nSPS) is 15.1. The number of hydrogen-bond acceptors (Lipinski definition) is 2. The average molecular weight is 270 g/mol. The van der Waals surface area contributed by atoms with Crippen LogP contribution in [0.15, 0.2) is 22.7 Å². The van der Waals surface area contributed by atoms with Crippen molar-refractivity contribution < 1.29 is 9.90 Å². The lowest BCUT2D eigenvalue weighted by atomic mass is 10.1. The Balaban J connectivity index is 2.18. The molecule has 1 aromatic rings. The molecule has 3 nitrogen and oxygen atoms in total. The number of hydrogen-bond donors (Lipinski definition) is 2. The molecule has 0 saturated heterocycles. The second-order valence-electron chi connectivity index (χ2n) is 3.72. The summed E-state index contributed by atoms with van der Waals surface area (Å²) in [4.78, 5) is 11.0. The van der Waals surface area contributed by atoms with Crippen LogP contribution in [-0.2, 0) is 4.79 Å². The zero-order valence-corrected chi connectivity index (χ0v) is 9.75. The average Bonchev–Trinajstić information content (AvgIpc) is 3.04. The zero-order chi connectivity index (χ0) is 10.8. The van der Waals surface area contributed by atoms with E-state index in [0.717, 1.165) is 10.2 Å². The Bertz CT molecular complexity index is 388. The lowest BCUT2D eigenvalue weighted by molar-refractivity contribution is -0.118. The molecule has 1 aliphatic rings. The van der Waals surface area contributed by atoms with Gasteiger partial charge in [-0.25, -0.2) is 0 Å². The molecule has 2 rings (SSSR count). The van der Waals surface area contributed by atoms with Gasteiger partial charge in [0.05, 0.1) is 0 Å². The molecule has 0 radical (unpaired) electrons. The third kappa shape index (κ3) is 2.58. The number of benzene rings is 1. The van der Waals surface area contributed by atoms with Crippen LogP contribution in [0.25, 0.3) is 0 Å². The Morgan fingerprint density at radius 2 is 2.27 bits per heavy atom.